The molecule has 2 N–H and O–H groups in total. The van der Waals surface area contributed by atoms with E-state index in [0.29, 0.717) is 24.2 Å². The fraction of sp³-hybridized carbons (Fsp3) is 0.944. The van der Waals surface area contributed by atoms with Crippen molar-refractivity contribution in [2.75, 3.05) is 13.1 Å². The van der Waals surface area contributed by atoms with Crippen LogP contribution in [0, 0.1) is 23.7 Å². The minimum Gasteiger partial charge on any atom is -0.302 e. The third-order valence-electron chi connectivity index (χ3n) is 6.99. The zero-order valence-electron chi connectivity index (χ0n) is 13.8. The van der Waals surface area contributed by atoms with E-state index in [-0.39, 0.29) is 6.04 Å². The van der Waals surface area contributed by atoms with Gasteiger partial charge in [-0.15, -0.1) is 0 Å². The van der Waals surface area contributed by atoms with Gasteiger partial charge in [-0.3, -0.25) is 10.2 Å². The van der Waals surface area contributed by atoms with E-state index in [4.69, 9.17) is 0 Å². The van der Waals surface area contributed by atoms with Crippen LogP contribution >= 0.6 is 0 Å². The van der Waals surface area contributed by atoms with E-state index in [2.05, 4.69) is 22.5 Å². The molecule has 6 atom stereocenters. The van der Waals surface area contributed by atoms with Gasteiger partial charge in [0.15, 0.2) is 0 Å². The maximum atomic E-state index is 11.9. The van der Waals surface area contributed by atoms with E-state index in [0.717, 1.165) is 24.9 Å². The standard InChI is InChI=1S/C18H31N3O/c1-2-21-14(11-22)15(12-7-4-3-5-8-12)16-13-9-6-10-19-17(13)20-18(16)21/h11-20H,2-10H2,1H3. The lowest BCUT2D eigenvalue weighted by Gasteiger charge is -2.38. The lowest BCUT2D eigenvalue weighted by molar-refractivity contribution is -0.114. The van der Waals surface area contributed by atoms with Gasteiger partial charge in [0.2, 0.25) is 0 Å². The Labute approximate surface area is 134 Å². The maximum absolute atomic E-state index is 11.9. The van der Waals surface area contributed by atoms with Gasteiger partial charge in [0.1, 0.15) is 6.29 Å². The summed E-state index contributed by atoms with van der Waals surface area (Å²) in [4.78, 5) is 14.4. The van der Waals surface area contributed by atoms with Crippen molar-refractivity contribution in [3.8, 4) is 0 Å². The Kier molecular flexibility index (Phi) is 4.27. The van der Waals surface area contributed by atoms with Gasteiger partial charge >= 0.3 is 0 Å². The first-order valence-corrected chi connectivity index (χ1v) is 9.55. The molecule has 0 radical (unpaired) electrons. The Morgan fingerprint density at radius 1 is 1.09 bits per heavy atom. The largest absolute Gasteiger partial charge is 0.302 e. The van der Waals surface area contributed by atoms with Gasteiger partial charge in [0, 0.05) is 0 Å². The first-order chi connectivity index (χ1) is 10.8. The molecule has 1 saturated carbocycles. The lowest BCUT2D eigenvalue weighted by Crippen LogP contribution is -2.53. The van der Waals surface area contributed by atoms with Gasteiger partial charge in [-0.1, -0.05) is 39.0 Å². The highest BCUT2D eigenvalue weighted by molar-refractivity contribution is 5.59. The highest BCUT2D eigenvalue weighted by atomic mass is 16.1. The second kappa shape index (κ2) is 6.21. The Balaban J connectivity index is 1.64. The van der Waals surface area contributed by atoms with Crippen LogP contribution in [0.2, 0.25) is 0 Å². The summed E-state index contributed by atoms with van der Waals surface area (Å²) in [6, 6.07) is 0.151. The summed E-state index contributed by atoms with van der Waals surface area (Å²) in [6.07, 6.45) is 11.6. The van der Waals surface area contributed by atoms with Crippen LogP contribution in [0.1, 0.15) is 51.9 Å². The van der Waals surface area contributed by atoms with Crippen LogP contribution in [0.4, 0.5) is 0 Å². The molecular formula is C18H31N3O. The van der Waals surface area contributed by atoms with Gasteiger partial charge in [-0.25, -0.2) is 0 Å². The highest BCUT2D eigenvalue weighted by Crippen LogP contribution is 2.51. The second-order valence-electron chi connectivity index (χ2n) is 7.86. The summed E-state index contributed by atoms with van der Waals surface area (Å²) in [6.45, 7) is 4.35. The van der Waals surface area contributed by atoms with Crippen LogP contribution in [0.25, 0.3) is 0 Å². The summed E-state index contributed by atoms with van der Waals surface area (Å²) < 4.78 is 0. The summed E-state index contributed by atoms with van der Waals surface area (Å²) >= 11 is 0. The number of rotatable bonds is 3. The number of hydrogen-bond donors (Lipinski definition) is 2. The van der Waals surface area contributed by atoms with Crippen molar-refractivity contribution < 1.29 is 4.79 Å². The molecule has 0 aromatic rings. The van der Waals surface area contributed by atoms with Crippen LogP contribution in [-0.4, -0.2) is 42.6 Å². The van der Waals surface area contributed by atoms with E-state index in [9.17, 15) is 4.79 Å². The number of nitrogens with zero attached hydrogens (tertiary/aromatic N) is 1. The molecule has 1 aliphatic carbocycles. The zero-order chi connectivity index (χ0) is 15.1. The SMILES string of the molecule is CCN1C(C=O)C(C2CCCCC2)C2C3CCCNC3NC21. The van der Waals surface area contributed by atoms with Crippen molar-refractivity contribution >= 4 is 6.29 Å². The fourth-order valence-electron chi connectivity index (χ4n) is 6.18. The smallest absolute Gasteiger partial charge is 0.137 e. The third-order valence-corrected chi connectivity index (χ3v) is 6.99. The number of carbonyl (C=O) groups excluding carboxylic acids is 1. The summed E-state index contributed by atoms with van der Waals surface area (Å²) in [5, 5.41) is 7.53. The quantitative estimate of drug-likeness (QED) is 0.782. The van der Waals surface area contributed by atoms with E-state index < -0.39 is 0 Å². The molecule has 0 spiro atoms. The molecule has 3 aliphatic heterocycles. The number of nitrogens with one attached hydrogen (secondary N) is 2. The van der Waals surface area contributed by atoms with Crippen LogP contribution in [-0.2, 0) is 4.79 Å². The molecule has 0 aromatic heterocycles. The van der Waals surface area contributed by atoms with Gasteiger partial charge in [-0.2, -0.15) is 0 Å². The predicted molar refractivity (Wildman–Crippen MR) is 87.2 cm³/mol. The van der Waals surface area contributed by atoms with Crippen molar-refractivity contribution in [1.82, 2.24) is 15.5 Å². The number of likely N-dealkylation sites (tertiary alicyclic amines) is 1. The first kappa shape index (κ1) is 15.1. The molecule has 3 saturated heterocycles. The Morgan fingerprint density at radius 3 is 2.64 bits per heavy atom. The van der Waals surface area contributed by atoms with Crippen molar-refractivity contribution in [1.29, 1.82) is 0 Å². The number of fused-ring (bicyclic) bond motifs is 3. The number of aldehydes is 1. The Bertz CT molecular complexity index is 409. The van der Waals surface area contributed by atoms with Gasteiger partial charge < -0.3 is 10.1 Å². The van der Waals surface area contributed by atoms with Crippen LogP contribution in [0.5, 0.6) is 0 Å². The van der Waals surface area contributed by atoms with Crippen molar-refractivity contribution in [3.05, 3.63) is 0 Å². The van der Waals surface area contributed by atoms with Gasteiger partial charge in [-0.05, 0) is 49.6 Å². The molecule has 6 unspecified atom stereocenters. The predicted octanol–water partition coefficient (Wildman–Crippen LogP) is 1.96. The monoisotopic (exact) mass is 305 g/mol. The molecule has 4 rings (SSSR count). The Hall–Kier alpha value is -0.450. The van der Waals surface area contributed by atoms with Gasteiger partial charge in [0.05, 0.1) is 18.4 Å². The molecule has 22 heavy (non-hydrogen) atoms. The Morgan fingerprint density at radius 2 is 1.91 bits per heavy atom. The zero-order valence-corrected chi connectivity index (χ0v) is 13.8. The third kappa shape index (κ3) is 2.26. The summed E-state index contributed by atoms with van der Waals surface area (Å²) in [5.41, 5.74) is 0. The average molecular weight is 305 g/mol. The molecule has 4 heteroatoms. The second-order valence-corrected chi connectivity index (χ2v) is 7.86. The topological polar surface area (TPSA) is 44.4 Å². The normalized spacial score (nSPS) is 46.4. The van der Waals surface area contributed by atoms with E-state index in [1.54, 1.807) is 0 Å². The number of carbonyl (C=O) groups is 1. The van der Waals surface area contributed by atoms with Crippen molar-refractivity contribution in [3.63, 3.8) is 0 Å². The molecule has 4 nitrogen and oxygen atoms in total. The summed E-state index contributed by atoms with van der Waals surface area (Å²) in [7, 11) is 0. The van der Waals surface area contributed by atoms with Crippen LogP contribution in [0.3, 0.4) is 0 Å². The van der Waals surface area contributed by atoms with E-state index in [1.807, 2.05) is 0 Å². The highest BCUT2D eigenvalue weighted by Gasteiger charge is 2.58. The van der Waals surface area contributed by atoms with Crippen molar-refractivity contribution in [2.24, 2.45) is 23.7 Å². The molecule has 4 fully saturated rings. The molecule has 124 valence electrons. The minimum atomic E-state index is 0.151. The molecule has 0 aromatic carbocycles. The fourth-order valence-corrected chi connectivity index (χ4v) is 6.18. The molecule has 0 amide bonds. The van der Waals surface area contributed by atoms with Gasteiger partial charge in [0.25, 0.3) is 0 Å². The first-order valence-electron chi connectivity index (χ1n) is 9.55. The molecule has 0 bridgehead atoms. The maximum Gasteiger partial charge on any atom is 0.137 e. The average Bonchev–Trinajstić information content (AvgIpc) is 3.08. The minimum absolute atomic E-state index is 0.151. The van der Waals surface area contributed by atoms with E-state index >= 15 is 0 Å². The van der Waals surface area contributed by atoms with Crippen molar-refractivity contribution in [2.45, 2.75) is 70.2 Å². The lowest BCUT2D eigenvalue weighted by atomic mass is 9.68. The van der Waals surface area contributed by atoms with Crippen LogP contribution in [0.15, 0.2) is 0 Å². The number of piperidine rings is 1. The number of likely N-dealkylation sites (N-methyl/N-ethyl adjacent to an activating group) is 1. The van der Waals surface area contributed by atoms with E-state index in [1.165, 1.54) is 51.2 Å². The molecular weight excluding hydrogens is 274 g/mol. The van der Waals surface area contributed by atoms with Crippen LogP contribution < -0.4 is 10.6 Å². The molecule has 4 aliphatic rings. The number of hydrogen-bond acceptors (Lipinski definition) is 4. The summed E-state index contributed by atoms with van der Waals surface area (Å²) in [5.74, 6) is 2.77. The molecule has 3 heterocycles.